The Hall–Kier alpha value is -9.40. The number of fused-ring (bicyclic) bond motifs is 3. The van der Waals surface area contributed by atoms with Crippen LogP contribution < -0.4 is 0 Å². The normalized spacial score (nSPS) is 10.8. The minimum atomic E-state index is 0.418. The van der Waals surface area contributed by atoms with Crippen molar-refractivity contribution in [2.75, 3.05) is 0 Å². The third kappa shape index (κ3) is 6.91. The predicted octanol–water partition coefficient (Wildman–Crippen LogP) is 13.1. The summed E-state index contributed by atoms with van der Waals surface area (Å²) in [4.78, 5) is 10.5. The molecule has 10 rings (SSSR count). The number of rotatable bonds is 7. The zero-order valence-electron chi connectivity index (χ0n) is 33.5. The minimum absolute atomic E-state index is 0.418. The molecule has 290 valence electrons. The van der Waals surface area contributed by atoms with Gasteiger partial charge >= 0.3 is 0 Å². The molecular formula is C56H31N7. The molecule has 0 bridgehead atoms. The summed E-state index contributed by atoms with van der Waals surface area (Å²) in [6.07, 6.45) is 0. The van der Waals surface area contributed by atoms with E-state index in [0.29, 0.717) is 28.1 Å². The third-order valence-electron chi connectivity index (χ3n) is 11.3. The molecular weight excluding hydrogens is 771 g/mol. The number of aromatic nitrogens is 3. The van der Waals surface area contributed by atoms with E-state index in [9.17, 15) is 21.0 Å². The predicted molar refractivity (Wildman–Crippen MR) is 248 cm³/mol. The third-order valence-corrected chi connectivity index (χ3v) is 11.3. The van der Waals surface area contributed by atoms with Crippen molar-refractivity contribution in [2.24, 2.45) is 0 Å². The second-order valence-electron chi connectivity index (χ2n) is 15.1. The van der Waals surface area contributed by atoms with Gasteiger partial charge in [-0.3, -0.25) is 0 Å². The van der Waals surface area contributed by atoms with Crippen LogP contribution in [0.1, 0.15) is 22.3 Å². The molecule has 7 heteroatoms. The SMILES string of the molecule is N#Cc1cccc(-c2cc(-c3nc(-c4ccccc4)cc(-c4ccccc4)n3)cc(-c3cccc(C#N)c3)c2-n2c3ccccc3c3cc(-c4ccc(C#N)cc4C#N)ccc32)c1. The van der Waals surface area contributed by atoms with E-state index in [0.717, 1.165) is 89.0 Å². The summed E-state index contributed by atoms with van der Waals surface area (Å²) < 4.78 is 2.25. The Labute approximate surface area is 363 Å². The van der Waals surface area contributed by atoms with E-state index >= 15 is 0 Å². The van der Waals surface area contributed by atoms with Gasteiger partial charge in [-0.05, 0) is 95.1 Å². The lowest BCUT2D eigenvalue weighted by molar-refractivity contribution is 1.17. The van der Waals surface area contributed by atoms with Gasteiger partial charge in [-0.15, -0.1) is 0 Å². The summed E-state index contributed by atoms with van der Waals surface area (Å²) in [5, 5.41) is 42.0. The van der Waals surface area contributed by atoms with Crippen molar-refractivity contribution in [1.29, 1.82) is 21.0 Å². The van der Waals surface area contributed by atoms with Crippen LogP contribution >= 0.6 is 0 Å². The van der Waals surface area contributed by atoms with Crippen LogP contribution in [0.25, 0.3) is 94.8 Å². The van der Waals surface area contributed by atoms with Crippen molar-refractivity contribution < 1.29 is 0 Å². The standard InChI is InChI=1S/C56H31N7/c57-32-36-11-9-17-41(25-36)48-29-44(56-61-51(39-13-3-1-4-14-39)31-52(62-56)40-15-5-2-6-16-40)30-49(42-18-10-12-37(26-42)33-58)55(48)63-53-20-8-7-19-47(53)50-28-43(22-24-54(50)63)46-23-21-38(34-59)27-45(46)35-60/h1-31H. The number of nitrogens with zero attached hydrogens (tertiary/aromatic N) is 7. The lowest BCUT2D eigenvalue weighted by atomic mass is 9.91. The van der Waals surface area contributed by atoms with E-state index in [4.69, 9.17) is 9.97 Å². The van der Waals surface area contributed by atoms with Gasteiger partial charge in [0.25, 0.3) is 0 Å². The fraction of sp³-hybridized carbons (Fsp3) is 0. The minimum Gasteiger partial charge on any atom is -0.308 e. The van der Waals surface area contributed by atoms with Crippen molar-refractivity contribution in [3.05, 3.63) is 210 Å². The van der Waals surface area contributed by atoms with E-state index in [1.54, 1.807) is 24.3 Å². The summed E-state index contributed by atoms with van der Waals surface area (Å²) in [7, 11) is 0. The Morgan fingerprint density at radius 2 is 0.873 bits per heavy atom. The largest absolute Gasteiger partial charge is 0.308 e. The highest BCUT2D eigenvalue weighted by Gasteiger charge is 2.24. The Balaban J connectivity index is 1.32. The maximum Gasteiger partial charge on any atom is 0.160 e. The van der Waals surface area contributed by atoms with Crippen molar-refractivity contribution in [3.63, 3.8) is 0 Å². The molecule has 0 saturated carbocycles. The lowest BCUT2D eigenvalue weighted by Crippen LogP contribution is -2.03. The first-order valence-electron chi connectivity index (χ1n) is 20.2. The molecule has 2 aromatic heterocycles. The summed E-state index contributed by atoms with van der Waals surface area (Å²) in [5.74, 6) is 0.514. The van der Waals surface area contributed by atoms with E-state index in [1.165, 1.54) is 0 Å². The molecule has 0 N–H and O–H groups in total. The van der Waals surface area contributed by atoms with Crippen LogP contribution in [0.3, 0.4) is 0 Å². The number of benzene rings is 8. The molecule has 0 saturated heterocycles. The molecule has 0 radical (unpaired) electrons. The van der Waals surface area contributed by atoms with Gasteiger partial charge in [0, 0.05) is 38.6 Å². The van der Waals surface area contributed by atoms with Gasteiger partial charge in [0.2, 0.25) is 0 Å². The summed E-state index contributed by atoms with van der Waals surface area (Å²) in [5.41, 5.74) is 13.6. The fourth-order valence-corrected chi connectivity index (χ4v) is 8.39. The van der Waals surface area contributed by atoms with Gasteiger partial charge in [-0.2, -0.15) is 21.0 Å². The number of hydrogen-bond donors (Lipinski definition) is 0. The molecule has 8 aromatic carbocycles. The molecule has 10 aromatic rings. The quantitative estimate of drug-likeness (QED) is 0.158. The van der Waals surface area contributed by atoms with E-state index in [-0.39, 0.29) is 0 Å². The van der Waals surface area contributed by atoms with Gasteiger partial charge < -0.3 is 4.57 Å². The maximum atomic E-state index is 10.2. The first-order chi connectivity index (χ1) is 31.0. The molecule has 7 nitrogen and oxygen atoms in total. The molecule has 0 spiro atoms. The van der Waals surface area contributed by atoms with E-state index in [2.05, 4.69) is 65.2 Å². The van der Waals surface area contributed by atoms with Crippen LogP contribution in [0.5, 0.6) is 0 Å². The molecule has 2 heterocycles. The summed E-state index contributed by atoms with van der Waals surface area (Å²) in [6, 6.07) is 70.2. The van der Waals surface area contributed by atoms with Crippen molar-refractivity contribution in [2.45, 2.75) is 0 Å². The Morgan fingerprint density at radius 1 is 0.349 bits per heavy atom. The van der Waals surface area contributed by atoms with Crippen LogP contribution in [0, 0.1) is 45.3 Å². The molecule has 63 heavy (non-hydrogen) atoms. The fourth-order valence-electron chi connectivity index (χ4n) is 8.39. The highest BCUT2D eigenvalue weighted by atomic mass is 15.0. The zero-order valence-corrected chi connectivity index (χ0v) is 33.5. The highest BCUT2D eigenvalue weighted by Crippen LogP contribution is 2.45. The Kier molecular flexibility index (Phi) is 9.60. The zero-order chi connectivity index (χ0) is 42.9. The molecule has 0 aliphatic carbocycles. The first kappa shape index (κ1) is 37.8. The second kappa shape index (κ2) is 16.0. The van der Waals surface area contributed by atoms with Gasteiger partial charge in [0.05, 0.1) is 74.6 Å². The number of para-hydroxylation sites is 1. The van der Waals surface area contributed by atoms with E-state index < -0.39 is 0 Å². The monoisotopic (exact) mass is 801 g/mol. The van der Waals surface area contributed by atoms with Gasteiger partial charge in [-0.1, -0.05) is 115 Å². The summed E-state index contributed by atoms with van der Waals surface area (Å²) >= 11 is 0. The maximum absolute atomic E-state index is 10.2. The highest BCUT2D eigenvalue weighted by molar-refractivity contribution is 6.12. The molecule has 0 fully saturated rings. The van der Waals surface area contributed by atoms with Crippen molar-refractivity contribution in [3.8, 4) is 97.2 Å². The second-order valence-corrected chi connectivity index (χ2v) is 15.1. The van der Waals surface area contributed by atoms with Crippen LogP contribution in [0.4, 0.5) is 0 Å². The van der Waals surface area contributed by atoms with Crippen LogP contribution in [0.2, 0.25) is 0 Å². The van der Waals surface area contributed by atoms with Gasteiger partial charge in [0.15, 0.2) is 5.82 Å². The number of nitriles is 4. The topological polar surface area (TPSA) is 126 Å². The van der Waals surface area contributed by atoms with Crippen molar-refractivity contribution >= 4 is 21.8 Å². The van der Waals surface area contributed by atoms with E-state index in [1.807, 2.05) is 127 Å². The molecule has 0 aliphatic heterocycles. The smallest absolute Gasteiger partial charge is 0.160 e. The van der Waals surface area contributed by atoms with Crippen molar-refractivity contribution in [1.82, 2.24) is 14.5 Å². The summed E-state index contributed by atoms with van der Waals surface area (Å²) in [6.45, 7) is 0. The average molecular weight is 802 g/mol. The molecule has 0 unspecified atom stereocenters. The average Bonchev–Trinajstić information content (AvgIpc) is 3.69. The lowest BCUT2D eigenvalue weighted by Gasteiger charge is -2.21. The van der Waals surface area contributed by atoms with Gasteiger partial charge in [-0.25, -0.2) is 9.97 Å². The van der Waals surface area contributed by atoms with Crippen LogP contribution in [-0.2, 0) is 0 Å². The molecule has 0 aliphatic rings. The van der Waals surface area contributed by atoms with Crippen LogP contribution in [0.15, 0.2) is 188 Å². The number of hydrogen-bond acceptors (Lipinski definition) is 6. The van der Waals surface area contributed by atoms with Crippen LogP contribution in [-0.4, -0.2) is 14.5 Å². The molecule has 0 amide bonds. The first-order valence-corrected chi connectivity index (χ1v) is 20.2. The van der Waals surface area contributed by atoms with Gasteiger partial charge in [0.1, 0.15) is 0 Å². The Morgan fingerprint density at radius 3 is 1.46 bits per heavy atom. The Bertz CT molecular complexity index is 3480. The molecule has 0 atom stereocenters.